The molecule has 186 valence electrons. The summed E-state index contributed by atoms with van der Waals surface area (Å²) in [5.74, 6) is 1.10. The van der Waals surface area contributed by atoms with Gasteiger partial charge in [0.2, 0.25) is 18.6 Å². The lowest BCUT2D eigenvalue weighted by molar-refractivity contribution is -0.148. The molecule has 0 bridgehead atoms. The van der Waals surface area contributed by atoms with E-state index in [1.807, 2.05) is 60.4 Å². The zero-order valence-corrected chi connectivity index (χ0v) is 20.7. The predicted molar refractivity (Wildman–Crippen MR) is 139 cm³/mol. The summed E-state index contributed by atoms with van der Waals surface area (Å²) in [5, 5.41) is 3.11. The summed E-state index contributed by atoms with van der Waals surface area (Å²) in [7, 11) is 0. The third-order valence-corrected chi connectivity index (χ3v) is 7.21. The molecule has 0 saturated heterocycles. The van der Waals surface area contributed by atoms with Gasteiger partial charge in [-0.05, 0) is 43.0 Å². The topological polar surface area (TPSA) is 67.9 Å². The van der Waals surface area contributed by atoms with Gasteiger partial charge in [0.05, 0.1) is 6.42 Å². The number of hydrogen-bond donors (Lipinski definition) is 1. The van der Waals surface area contributed by atoms with Gasteiger partial charge in [-0.15, -0.1) is 0 Å². The van der Waals surface area contributed by atoms with Gasteiger partial charge in [-0.25, -0.2) is 0 Å². The lowest BCUT2D eigenvalue weighted by atomic mass is 9.78. The Morgan fingerprint density at radius 1 is 0.861 bits per heavy atom. The Balaban J connectivity index is 1.48. The maximum atomic E-state index is 14.1. The second-order valence-corrected chi connectivity index (χ2v) is 9.74. The van der Waals surface area contributed by atoms with E-state index in [2.05, 4.69) is 17.4 Å². The smallest absolute Gasteiger partial charge is 0.250 e. The fraction of sp³-hybridized carbons (Fsp3) is 0.333. The number of ether oxygens (including phenoxy) is 2. The summed E-state index contributed by atoms with van der Waals surface area (Å²) in [5.41, 5.74) is 2.83. The molecule has 6 heteroatoms. The fourth-order valence-corrected chi connectivity index (χ4v) is 5.20. The summed E-state index contributed by atoms with van der Waals surface area (Å²) in [6, 6.07) is 23.3. The van der Waals surface area contributed by atoms with E-state index in [0.717, 1.165) is 36.0 Å². The van der Waals surface area contributed by atoms with Crippen molar-refractivity contribution in [2.24, 2.45) is 0 Å². The Morgan fingerprint density at radius 3 is 2.33 bits per heavy atom. The molecular weight excluding hydrogens is 452 g/mol. The molecule has 1 N–H and O–H groups in total. The molecule has 3 aromatic rings. The van der Waals surface area contributed by atoms with Crippen LogP contribution in [0.1, 0.15) is 48.8 Å². The summed E-state index contributed by atoms with van der Waals surface area (Å²) in [4.78, 5) is 29.8. The quantitative estimate of drug-likeness (QED) is 0.472. The molecule has 1 fully saturated rings. The van der Waals surface area contributed by atoms with E-state index < -0.39 is 5.54 Å². The second kappa shape index (κ2) is 10.4. The van der Waals surface area contributed by atoms with Gasteiger partial charge in [0.25, 0.3) is 0 Å². The first-order valence-electron chi connectivity index (χ1n) is 12.6. The average molecular weight is 485 g/mol. The van der Waals surface area contributed by atoms with Gasteiger partial charge in [0, 0.05) is 18.3 Å². The van der Waals surface area contributed by atoms with Gasteiger partial charge in [-0.1, -0.05) is 79.4 Å². The minimum atomic E-state index is -0.925. The van der Waals surface area contributed by atoms with Crippen LogP contribution < -0.4 is 14.8 Å². The van der Waals surface area contributed by atoms with Gasteiger partial charge in [-0.3, -0.25) is 9.59 Å². The number of hydrogen-bond acceptors (Lipinski definition) is 4. The molecule has 36 heavy (non-hydrogen) atoms. The van der Waals surface area contributed by atoms with Crippen molar-refractivity contribution < 1.29 is 19.1 Å². The van der Waals surface area contributed by atoms with Crippen molar-refractivity contribution in [1.82, 2.24) is 4.90 Å². The monoisotopic (exact) mass is 484 g/mol. The number of aryl methyl sites for hydroxylation is 1. The lowest BCUT2D eigenvalue weighted by Crippen LogP contribution is -2.60. The number of nitrogens with one attached hydrogen (secondary N) is 1. The van der Waals surface area contributed by atoms with Crippen LogP contribution >= 0.6 is 0 Å². The van der Waals surface area contributed by atoms with Crippen LogP contribution in [0.15, 0.2) is 72.8 Å². The highest BCUT2D eigenvalue weighted by Gasteiger charge is 2.47. The third-order valence-electron chi connectivity index (χ3n) is 7.21. The van der Waals surface area contributed by atoms with Crippen LogP contribution in [0.5, 0.6) is 11.5 Å². The van der Waals surface area contributed by atoms with Crippen molar-refractivity contribution in [3.05, 3.63) is 89.5 Å². The zero-order chi connectivity index (χ0) is 25.0. The van der Waals surface area contributed by atoms with Crippen LogP contribution in [-0.2, 0) is 22.6 Å². The Morgan fingerprint density at radius 2 is 1.58 bits per heavy atom. The molecule has 0 radical (unpaired) electrons. The maximum absolute atomic E-state index is 14.1. The van der Waals surface area contributed by atoms with Gasteiger partial charge >= 0.3 is 0 Å². The first-order valence-corrected chi connectivity index (χ1v) is 12.6. The van der Waals surface area contributed by atoms with Crippen molar-refractivity contribution in [3.8, 4) is 11.5 Å². The molecule has 1 saturated carbocycles. The molecule has 3 aromatic carbocycles. The average Bonchev–Trinajstić information content (AvgIpc) is 3.37. The Hall–Kier alpha value is -3.80. The Kier molecular flexibility index (Phi) is 6.94. The highest BCUT2D eigenvalue weighted by Crippen LogP contribution is 2.38. The number of anilines is 1. The van der Waals surface area contributed by atoms with Crippen molar-refractivity contribution >= 4 is 17.5 Å². The third kappa shape index (κ3) is 5.08. The van der Waals surface area contributed by atoms with Crippen LogP contribution in [0.4, 0.5) is 5.69 Å². The van der Waals surface area contributed by atoms with Gasteiger partial charge in [0.1, 0.15) is 5.54 Å². The molecule has 0 unspecified atom stereocenters. The highest BCUT2D eigenvalue weighted by atomic mass is 16.7. The number of amides is 2. The van der Waals surface area contributed by atoms with Crippen molar-refractivity contribution in [1.29, 1.82) is 0 Å². The molecule has 0 spiro atoms. The minimum Gasteiger partial charge on any atom is -0.454 e. The van der Waals surface area contributed by atoms with Gasteiger partial charge < -0.3 is 19.7 Å². The van der Waals surface area contributed by atoms with Gasteiger partial charge in [0.15, 0.2) is 11.5 Å². The predicted octanol–water partition coefficient (Wildman–Crippen LogP) is 5.64. The van der Waals surface area contributed by atoms with E-state index in [4.69, 9.17) is 9.47 Å². The van der Waals surface area contributed by atoms with E-state index in [1.165, 1.54) is 0 Å². The number of carbonyl (C=O) groups excluding carboxylic acids is 2. The summed E-state index contributed by atoms with van der Waals surface area (Å²) >= 11 is 0. The van der Waals surface area contributed by atoms with E-state index in [9.17, 15) is 9.59 Å². The van der Waals surface area contributed by atoms with E-state index in [0.29, 0.717) is 36.6 Å². The SMILES string of the molecule is Cc1ccc(CN(C(=O)Cc2ccccc2)C2(C(=O)Nc3ccc4c(c3)OCO4)CCCCC2)cc1. The number of rotatable bonds is 7. The number of fused-ring (bicyclic) bond motifs is 1. The number of carbonyl (C=O) groups is 2. The van der Waals surface area contributed by atoms with E-state index in [-0.39, 0.29) is 25.0 Å². The molecule has 6 nitrogen and oxygen atoms in total. The fourth-order valence-electron chi connectivity index (χ4n) is 5.20. The normalized spacial score (nSPS) is 15.8. The first kappa shape index (κ1) is 23.9. The molecule has 2 aliphatic rings. The van der Waals surface area contributed by atoms with Crippen molar-refractivity contribution in [3.63, 3.8) is 0 Å². The van der Waals surface area contributed by atoms with E-state index in [1.54, 1.807) is 12.1 Å². The van der Waals surface area contributed by atoms with Crippen LogP contribution in [0.2, 0.25) is 0 Å². The van der Waals surface area contributed by atoms with Crippen LogP contribution in [-0.4, -0.2) is 29.0 Å². The standard InChI is InChI=1S/C30H32N2O4/c1-22-10-12-24(13-11-22)20-32(28(33)18-23-8-4-2-5-9-23)30(16-6-3-7-17-30)29(34)31-25-14-15-26-27(19-25)36-21-35-26/h2,4-5,8-15,19H,3,6-7,16-18,20-21H2,1H3,(H,31,34). The number of nitrogens with zero attached hydrogens (tertiary/aromatic N) is 1. The molecule has 5 rings (SSSR count). The highest BCUT2D eigenvalue weighted by molar-refractivity contribution is 6.01. The molecule has 1 heterocycles. The minimum absolute atomic E-state index is 0.0375. The summed E-state index contributed by atoms with van der Waals surface area (Å²) in [6.07, 6.45) is 4.39. The Bertz CT molecular complexity index is 1220. The molecule has 0 aromatic heterocycles. The molecule has 1 aliphatic heterocycles. The van der Waals surface area contributed by atoms with Crippen molar-refractivity contribution in [2.45, 2.75) is 57.5 Å². The molecular formula is C30H32N2O4. The summed E-state index contributed by atoms with van der Waals surface area (Å²) < 4.78 is 10.9. The maximum Gasteiger partial charge on any atom is 0.250 e. The lowest BCUT2D eigenvalue weighted by Gasteiger charge is -2.45. The number of benzene rings is 3. The van der Waals surface area contributed by atoms with Gasteiger partial charge in [-0.2, -0.15) is 0 Å². The zero-order valence-electron chi connectivity index (χ0n) is 20.7. The van der Waals surface area contributed by atoms with E-state index >= 15 is 0 Å². The van der Waals surface area contributed by atoms with Crippen LogP contribution in [0.3, 0.4) is 0 Å². The molecule has 0 atom stereocenters. The molecule has 1 aliphatic carbocycles. The first-order chi connectivity index (χ1) is 17.5. The van der Waals surface area contributed by atoms with Crippen molar-refractivity contribution in [2.75, 3.05) is 12.1 Å². The summed E-state index contributed by atoms with van der Waals surface area (Å²) in [6.45, 7) is 2.61. The van der Waals surface area contributed by atoms with Crippen LogP contribution in [0, 0.1) is 6.92 Å². The second-order valence-electron chi connectivity index (χ2n) is 9.74. The molecule has 2 amide bonds. The largest absolute Gasteiger partial charge is 0.454 e. The van der Waals surface area contributed by atoms with Crippen LogP contribution in [0.25, 0.3) is 0 Å². The Labute approximate surface area is 212 Å².